The van der Waals surface area contributed by atoms with Gasteiger partial charge in [0.05, 0.1) is 10.2 Å². The Balaban J connectivity index is 1.87. The smallest absolute Gasteiger partial charge is 0.332 e. The topological polar surface area (TPSA) is 99.7 Å². The lowest BCUT2D eigenvalue weighted by atomic mass is 10.3. The Bertz CT molecular complexity index is 915. The molecule has 122 valence electrons. The molecule has 10 heteroatoms. The van der Waals surface area contributed by atoms with E-state index >= 15 is 0 Å². The standard InChI is InChI=1S/C14H10N4O3S3/c1-7(19)21-18-11(9-6-23-13(15)16-9)12(22)20-14-17-8-4-2-3-5-10(8)24-14/h2-6H,1H3,(H2,15,16)/b18-11-. The van der Waals surface area contributed by atoms with Crippen molar-refractivity contribution in [3.63, 3.8) is 0 Å². The lowest BCUT2D eigenvalue weighted by Crippen LogP contribution is -2.21. The molecule has 2 aromatic heterocycles. The molecule has 0 aliphatic carbocycles. The van der Waals surface area contributed by atoms with Gasteiger partial charge in [-0.3, -0.25) is 0 Å². The van der Waals surface area contributed by atoms with Crippen molar-refractivity contribution in [1.82, 2.24) is 9.97 Å². The molecule has 0 bridgehead atoms. The third kappa shape index (κ3) is 3.72. The highest BCUT2D eigenvalue weighted by Crippen LogP contribution is 2.28. The highest BCUT2D eigenvalue weighted by Gasteiger charge is 2.19. The number of benzene rings is 1. The van der Waals surface area contributed by atoms with Crippen molar-refractivity contribution in [2.75, 3.05) is 5.73 Å². The van der Waals surface area contributed by atoms with Crippen LogP contribution in [-0.4, -0.2) is 26.7 Å². The van der Waals surface area contributed by atoms with Gasteiger partial charge in [-0.05, 0) is 24.4 Å². The molecule has 2 N–H and O–H groups in total. The van der Waals surface area contributed by atoms with Crippen LogP contribution in [0.5, 0.6) is 5.19 Å². The Hall–Kier alpha value is -2.43. The summed E-state index contributed by atoms with van der Waals surface area (Å²) in [7, 11) is 0. The molecule has 0 amide bonds. The molecule has 3 rings (SSSR count). The fourth-order valence-corrected chi connectivity index (χ4v) is 3.36. The maximum atomic E-state index is 11.0. The van der Waals surface area contributed by atoms with Gasteiger partial charge in [-0.25, -0.2) is 14.8 Å². The minimum Gasteiger partial charge on any atom is -0.416 e. The van der Waals surface area contributed by atoms with Crippen molar-refractivity contribution in [3.8, 4) is 5.19 Å². The van der Waals surface area contributed by atoms with Crippen LogP contribution in [0.25, 0.3) is 10.2 Å². The lowest BCUT2D eigenvalue weighted by molar-refractivity contribution is -0.140. The number of para-hydroxylation sites is 1. The van der Waals surface area contributed by atoms with Gasteiger partial charge in [-0.15, -0.1) is 11.3 Å². The second-order valence-electron chi connectivity index (χ2n) is 4.43. The predicted molar refractivity (Wildman–Crippen MR) is 97.7 cm³/mol. The molecular weight excluding hydrogens is 368 g/mol. The highest BCUT2D eigenvalue weighted by atomic mass is 32.1. The molecule has 7 nitrogen and oxygen atoms in total. The number of carbonyl (C=O) groups is 1. The van der Waals surface area contributed by atoms with E-state index in [4.69, 9.17) is 22.7 Å². The summed E-state index contributed by atoms with van der Waals surface area (Å²) >= 11 is 7.80. The van der Waals surface area contributed by atoms with E-state index in [0.29, 0.717) is 16.0 Å². The van der Waals surface area contributed by atoms with Crippen LogP contribution < -0.4 is 10.5 Å². The van der Waals surface area contributed by atoms with Crippen molar-refractivity contribution in [1.29, 1.82) is 0 Å². The normalized spacial score (nSPS) is 11.5. The van der Waals surface area contributed by atoms with Gasteiger partial charge < -0.3 is 15.3 Å². The fourth-order valence-electron chi connectivity index (χ4n) is 1.72. The second-order valence-corrected chi connectivity index (χ2v) is 6.68. The minimum atomic E-state index is -0.585. The average molecular weight is 378 g/mol. The number of ether oxygens (including phenoxy) is 1. The van der Waals surface area contributed by atoms with Gasteiger partial charge in [0.2, 0.25) is 5.05 Å². The highest BCUT2D eigenvalue weighted by molar-refractivity contribution is 7.81. The first-order valence-corrected chi connectivity index (χ1v) is 8.68. The molecule has 24 heavy (non-hydrogen) atoms. The van der Waals surface area contributed by atoms with Crippen LogP contribution in [0.3, 0.4) is 0 Å². The van der Waals surface area contributed by atoms with Gasteiger partial charge in [0.1, 0.15) is 5.69 Å². The second kappa shape index (κ2) is 6.99. The van der Waals surface area contributed by atoms with E-state index in [1.165, 1.54) is 29.6 Å². The fraction of sp³-hybridized carbons (Fsp3) is 0.0714. The number of hydrogen-bond acceptors (Lipinski definition) is 10. The number of nitrogens with zero attached hydrogens (tertiary/aromatic N) is 3. The van der Waals surface area contributed by atoms with Crippen LogP contribution in [0.15, 0.2) is 34.8 Å². The van der Waals surface area contributed by atoms with Crippen molar-refractivity contribution < 1.29 is 14.4 Å². The molecular formula is C14H10N4O3S3. The van der Waals surface area contributed by atoms with Crippen LogP contribution in [0.4, 0.5) is 5.13 Å². The quantitative estimate of drug-likeness (QED) is 0.322. The first kappa shape index (κ1) is 16.4. The molecule has 1 aromatic carbocycles. The summed E-state index contributed by atoms with van der Waals surface area (Å²) in [6, 6.07) is 7.60. The number of hydrogen-bond donors (Lipinski definition) is 1. The lowest BCUT2D eigenvalue weighted by Gasteiger charge is -2.04. The molecule has 0 radical (unpaired) electrons. The SMILES string of the molecule is CC(=O)O/N=C(\C(=S)Oc1nc2ccccc2s1)c1csc(N)n1. The van der Waals surface area contributed by atoms with Crippen LogP contribution in [0, 0.1) is 0 Å². The molecule has 0 spiro atoms. The van der Waals surface area contributed by atoms with Gasteiger partial charge in [0, 0.05) is 12.3 Å². The van der Waals surface area contributed by atoms with Gasteiger partial charge in [-0.2, -0.15) is 0 Å². The van der Waals surface area contributed by atoms with Gasteiger partial charge in [-0.1, -0.05) is 28.6 Å². The number of fused-ring (bicyclic) bond motifs is 1. The Morgan fingerprint density at radius 3 is 2.79 bits per heavy atom. The molecule has 0 fully saturated rings. The van der Waals surface area contributed by atoms with Crippen LogP contribution in [0.1, 0.15) is 12.6 Å². The number of nitrogens with two attached hydrogens (primary N) is 1. The Labute approximate surface area is 149 Å². The van der Waals surface area contributed by atoms with Crippen LogP contribution in [-0.2, 0) is 9.63 Å². The minimum absolute atomic E-state index is 0.0133. The summed E-state index contributed by atoms with van der Waals surface area (Å²) in [4.78, 5) is 24.1. The number of thiazole rings is 2. The van der Waals surface area contributed by atoms with Gasteiger partial charge in [0.15, 0.2) is 10.8 Å². The van der Waals surface area contributed by atoms with Crippen molar-refractivity contribution in [2.45, 2.75) is 6.92 Å². The zero-order valence-corrected chi connectivity index (χ0v) is 14.7. The third-order valence-corrected chi connectivity index (χ3v) is 4.54. The number of aromatic nitrogens is 2. The van der Waals surface area contributed by atoms with E-state index in [0.717, 1.165) is 10.2 Å². The summed E-state index contributed by atoms with van der Waals surface area (Å²) < 4.78 is 6.56. The van der Waals surface area contributed by atoms with E-state index in [-0.39, 0.29) is 10.8 Å². The molecule has 0 saturated carbocycles. The van der Waals surface area contributed by atoms with Crippen molar-refractivity contribution >= 4 is 67.0 Å². The third-order valence-electron chi connectivity index (χ3n) is 2.68. The molecule has 3 aromatic rings. The van der Waals surface area contributed by atoms with Crippen LogP contribution >= 0.6 is 34.9 Å². The molecule has 0 atom stereocenters. The first-order chi connectivity index (χ1) is 11.5. The number of anilines is 1. The van der Waals surface area contributed by atoms with Crippen LogP contribution in [0.2, 0.25) is 0 Å². The molecule has 0 aliphatic rings. The van der Waals surface area contributed by atoms with E-state index < -0.39 is 5.97 Å². The maximum absolute atomic E-state index is 11.0. The van der Waals surface area contributed by atoms with E-state index in [1.54, 1.807) is 5.38 Å². The Morgan fingerprint density at radius 1 is 1.33 bits per heavy atom. The molecule has 2 heterocycles. The summed E-state index contributed by atoms with van der Waals surface area (Å²) in [6.45, 7) is 1.23. The number of thiocarbonyl (C=S) groups is 1. The van der Waals surface area contributed by atoms with E-state index in [1.807, 2.05) is 24.3 Å². The Kier molecular flexibility index (Phi) is 4.79. The number of oxime groups is 1. The number of nitrogen functional groups attached to an aromatic ring is 1. The van der Waals surface area contributed by atoms with Crippen molar-refractivity contribution in [2.24, 2.45) is 5.16 Å². The zero-order valence-electron chi connectivity index (χ0n) is 12.3. The molecule has 0 unspecified atom stereocenters. The summed E-state index contributed by atoms with van der Waals surface area (Å²) in [5.41, 5.74) is 6.90. The average Bonchev–Trinajstić information content (AvgIpc) is 3.12. The monoisotopic (exact) mass is 378 g/mol. The largest absolute Gasteiger partial charge is 0.416 e. The molecule has 0 aliphatic heterocycles. The maximum Gasteiger partial charge on any atom is 0.332 e. The Morgan fingerprint density at radius 2 is 2.12 bits per heavy atom. The number of rotatable bonds is 4. The summed E-state index contributed by atoms with van der Waals surface area (Å²) in [5, 5.41) is 6.05. The first-order valence-electron chi connectivity index (χ1n) is 6.57. The summed E-state index contributed by atoms with van der Waals surface area (Å²) in [6.07, 6.45) is 0. The van der Waals surface area contributed by atoms with E-state index in [2.05, 4.69) is 20.0 Å². The predicted octanol–water partition coefficient (Wildman–Crippen LogP) is 3.01. The van der Waals surface area contributed by atoms with Gasteiger partial charge >= 0.3 is 5.97 Å². The molecule has 0 saturated heterocycles. The zero-order chi connectivity index (χ0) is 17.1. The number of carbonyl (C=O) groups excluding carboxylic acids is 1. The van der Waals surface area contributed by atoms with E-state index in [9.17, 15) is 4.79 Å². The van der Waals surface area contributed by atoms with Crippen molar-refractivity contribution in [3.05, 3.63) is 35.3 Å². The summed E-state index contributed by atoms with van der Waals surface area (Å²) in [5.74, 6) is -0.585. The van der Waals surface area contributed by atoms with Gasteiger partial charge in [0.25, 0.3) is 5.19 Å².